The minimum absolute atomic E-state index is 0.0604. The van der Waals surface area contributed by atoms with Gasteiger partial charge in [0.05, 0.1) is 10.5 Å². The molecule has 8 heteroatoms. The molecule has 0 aromatic heterocycles. The zero-order chi connectivity index (χ0) is 18.2. The van der Waals surface area contributed by atoms with Crippen LogP contribution in [0.5, 0.6) is 0 Å². The van der Waals surface area contributed by atoms with Gasteiger partial charge in [-0.2, -0.15) is 0 Å². The Kier molecular flexibility index (Phi) is 4.09. The van der Waals surface area contributed by atoms with Crippen molar-refractivity contribution in [3.8, 4) is 0 Å². The van der Waals surface area contributed by atoms with Gasteiger partial charge in [0.2, 0.25) is 10.0 Å². The zero-order valence-corrected chi connectivity index (χ0v) is 14.2. The second-order valence-electron chi connectivity index (χ2n) is 5.98. The minimum atomic E-state index is -3.80. The van der Waals surface area contributed by atoms with Crippen LogP contribution in [0.2, 0.25) is 0 Å². The molecule has 0 fully saturated rings. The van der Waals surface area contributed by atoms with Crippen LogP contribution in [0.15, 0.2) is 53.4 Å². The summed E-state index contributed by atoms with van der Waals surface area (Å²) < 4.78 is 27.8. The first-order valence-corrected chi connectivity index (χ1v) is 8.99. The van der Waals surface area contributed by atoms with E-state index in [1.807, 2.05) is 0 Å². The number of amides is 1. The fourth-order valence-electron chi connectivity index (χ4n) is 2.65. The number of nitrogens with one attached hydrogen (secondary N) is 1. The largest absolute Gasteiger partial charge is 0.445 e. The van der Waals surface area contributed by atoms with E-state index in [0.29, 0.717) is 11.3 Å². The van der Waals surface area contributed by atoms with E-state index >= 15 is 0 Å². The van der Waals surface area contributed by atoms with Crippen LogP contribution in [0.25, 0.3) is 0 Å². The number of sulfonamides is 1. The normalized spacial score (nSPS) is 19.7. The van der Waals surface area contributed by atoms with Gasteiger partial charge in [0.1, 0.15) is 0 Å². The maximum Gasteiger partial charge on any atom is 0.339 e. The first kappa shape index (κ1) is 17.1. The number of fused-ring (bicyclic) bond motifs is 1. The summed E-state index contributed by atoms with van der Waals surface area (Å²) in [5, 5.41) is 7.66. The Balaban J connectivity index is 1.81. The van der Waals surface area contributed by atoms with Crippen LogP contribution in [-0.2, 0) is 26.0 Å². The fourth-order valence-corrected chi connectivity index (χ4v) is 3.17. The molecule has 0 saturated heterocycles. The van der Waals surface area contributed by atoms with Gasteiger partial charge in [0, 0.05) is 12.1 Å². The van der Waals surface area contributed by atoms with Crippen molar-refractivity contribution in [1.29, 1.82) is 0 Å². The van der Waals surface area contributed by atoms with Crippen molar-refractivity contribution in [2.45, 2.75) is 23.8 Å². The van der Waals surface area contributed by atoms with Gasteiger partial charge in [-0.3, -0.25) is 4.79 Å². The molecule has 0 spiro atoms. The lowest BCUT2D eigenvalue weighted by atomic mass is 9.89. The summed E-state index contributed by atoms with van der Waals surface area (Å²) in [7, 11) is -3.80. The van der Waals surface area contributed by atoms with Crippen LogP contribution in [0, 0.1) is 0 Å². The van der Waals surface area contributed by atoms with E-state index < -0.39 is 27.5 Å². The Morgan fingerprint density at radius 3 is 2.44 bits per heavy atom. The number of esters is 1. The molecular formula is C17H16N2O5S. The number of anilines is 1. The summed E-state index contributed by atoms with van der Waals surface area (Å²) in [5.41, 5.74) is 0.198. The Labute approximate surface area is 144 Å². The molecular weight excluding hydrogens is 344 g/mol. The molecule has 7 nitrogen and oxygen atoms in total. The zero-order valence-electron chi connectivity index (χ0n) is 13.4. The summed E-state index contributed by atoms with van der Waals surface area (Å²) in [6, 6.07) is 12.4. The van der Waals surface area contributed by atoms with Crippen molar-refractivity contribution in [2.24, 2.45) is 5.14 Å². The predicted molar refractivity (Wildman–Crippen MR) is 90.4 cm³/mol. The summed E-state index contributed by atoms with van der Waals surface area (Å²) in [4.78, 5) is 24.7. The van der Waals surface area contributed by atoms with E-state index in [1.165, 1.54) is 31.2 Å². The van der Waals surface area contributed by atoms with E-state index in [4.69, 9.17) is 9.88 Å². The number of rotatable bonds is 3. The van der Waals surface area contributed by atoms with Crippen LogP contribution in [0.3, 0.4) is 0 Å². The number of cyclic esters (lactones) is 1. The lowest BCUT2D eigenvalue weighted by Gasteiger charge is -2.33. The van der Waals surface area contributed by atoms with Crippen molar-refractivity contribution in [1.82, 2.24) is 0 Å². The molecule has 25 heavy (non-hydrogen) atoms. The van der Waals surface area contributed by atoms with Gasteiger partial charge in [-0.25, -0.2) is 18.4 Å². The maximum atomic E-state index is 12.6. The highest BCUT2D eigenvalue weighted by Gasteiger charge is 2.42. The van der Waals surface area contributed by atoms with E-state index in [-0.39, 0.29) is 11.3 Å². The van der Waals surface area contributed by atoms with Gasteiger partial charge >= 0.3 is 5.97 Å². The highest BCUT2D eigenvalue weighted by atomic mass is 32.2. The summed E-state index contributed by atoms with van der Waals surface area (Å²) in [5.74, 6) is -1.05. The average Bonchev–Trinajstić information content (AvgIpc) is 2.54. The highest BCUT2D eigenvalue weighted by Crippen LogP contribution is 2.29. The predicted octanol–water partition coefficient (Wildman–Crippen LogP) is 1.44. The van der Waals surface area contributed by atoms with Gasteiger partial charge in [0.25, 0.3) is 5.91 Å². The van der Waals surface area contributed by atoms with Gasteiger partial charge in [0.15, 0.2) is 5.60 Å². The van der Waals surface area contributed by atoms with Crippen molar-refractivity contribution in [2.75, 3.05) is 5.32 Å². The SMILES string of the molecule is CC1(C(=O)Nc2ccc(S(N)(=O)=O)cc2)Cc2ccccc2C(=O)O1. The maximum absolute atomic E-state index is 12.6. The number of benzene rings is 2. The smallest absolute Gasteiger partial charge is 0.339 e. The molecule has 1 amide bonds. The third-order valence-electron chi connectivity index (χ3n) is 4.00. The highest BCUT2D eigenvalue weighted by molar-refractivity contribution is 7.89. The van der Waals surface area contributed by atoms with Crippen molar-refractivity contribution < 1.29 is 22.7 Å². The third-order valence-corrected chi connectivity index (χ3v) is 4.93. The van der Waals surface area contributed by atoms with E-state index in [0.717, 1.165) is 5.56 Å². The summed E-state index contributed by atoms with van der Waals surface area (Å²) >= 11 is 0. The Morgan fingerprint density at radius 2 is 1.80 bits per heavy atom. The van der Waals surface area contributed by atoms with E-state index in [2.05, 4.69) is 5.32 Å². The number of carbonyl (C=O) groups excluding carboxylic acids is 2. The Morgan fingerprint density at radius 1 is 1.16 bits per heavy atom. The number of hydrogen-bond acceptors (Lipinski definition) is 5. The Hall–Kier alpha value is -2.71. The van der Waals surface area contributed by atoms with Gasteiger partial charge < -0.3 is 10.1 Å². The molecule has 3 N–H and O–H groups in total. The van der Waals surface area contributed by atoms with Crippen LogP contribution >= 0.6 is 0 Å². The van der Waals surface area contributed by atoms with Gasteiger partial charge in [-0.15, -0.1) is 0 Å². The monoisotopic (exact) mass is 360 g/mol. The quantitative estimate of drug-likeness (QED) is 0.804. The van der Waals surface area contributed by atoms with E-state index in [9.17, 15) is 18.0 Å². The second-order valence-corrected chi connectivity index (χ2v) is 7.54. The standard InChI is InChI=1S/C17H16N2O5S/c1-17(10-11-4-2-3-5-14(11)15(20)24-17)16(21)19-12-6-8-13(9-7-12)25(18,22)23/h2-9H,10H2,1H3,(H,19,21)(H2,18,22,23). The molecule has 1 aliphatic rings. The number of carbonyl (C=O) groups is 2. The molecule has 1 atom stereocenters. The second kappa shape index (κ2) is 5.98. The number of nitrogens with two attached hydrogens (primary N) is 1. The molecule has 0 aliphatic carbocycles. The van der Waals surface area contributed by atoms with Crippen LogP contribution in [-0.4, -0.2) is 25.9 Å². The lowest BCUT2D eigenvalue weighted by Crippen LogP contribution is -2.48. The molecule has 0 bridgehead atoms. The third kappa shape index (κ3) is 3.40. The van der Waals surface area contributed by atoms with Crippen molar-refractivity contribution >= 4 is 27.6 Å². The Bertz CT molecular complexity index is 953. The first-order valence-electron chi connectivity index (χ1n) is 7.45. The average molecular weight is 360 g/mol. The number of primary sulfonamides is 1. The van der Waals surface area contributed by atoms with Crippen molar-refractivity contribution in [3.63, 3.8) is 0 Å². The van der Waals surface area contributed by atoms with Gasteiger partial charge in [-0.05, 0) is 42.8 Å². The molecule has 0 saturated carbocycles. The number of ether oxygens (including phenoxy) is 1. The number of hydrogen-bond donors (Lipinski definition) is 2. The van der Waals surface area contributed by atoms with Gasteiger partial charge in [-0.1, -0.05) is 18.2 Å². The molecule has 1 aliphatic heterocycles. The van der Waals surface area contributed by atoms with Crippen LogP contribution in [0.1, 0.15) is 22.8 Å². The molecule has 2 aromatic carbocycles. The van der Waals surface area contributed by atoms with Crippen LogP contribution in [0.4, 0.5) is 5.69 Å². The molecule has 130 valence electrons. The van der Waals surface area contributed by atoms with Crippen molar-refractivity contribution in [3.05, 3.63) is 59.7 Å². The molecule has 3 rings (SSSR count). The first-order chi connectivity index (χ1) is 11.7. The molecule has 2 aromatic rings. The summed E-state index contributed by atoms with van der Waals surface area (Å²) in [6.45, 7) is 1.54. The fraction of sp³-hybridized carbons (Fsp3) is 0.176. The molecule has 1 unspecified atom stereocenters. The van der Waals surface area contributed by atoms with E-state index in [1.54, 1.807) is 24.3 Å². The lowest BCUT2D eigenvalue weighted by molar-refractivity contribution is -0.134. The molecule has 1 heterocycles. The summed E-state index contributed by atoms with van der Waals surface area (Å²) in [6.07, 6.45) is 0.246. The molecule has 0 radical (unpaired) electrons. The minimum Gasteiger partial charge on any atom is -0.445 e. The van der Waals surface area contributed by atoms with Crippen LogP contribution < -0.4 is 10.5 Å². The topological polar surface area (TPSA) is 116 Å².